The van der Waals surface area contributed by atoms with Crippen molar-refractivity contribution in [1.29, 1.82) is 0 Å². The Balaban J connectivity index is 1.54. The van der Waals surface area contributed by atoms with E-state index in [4.69, 9.17) is 4.74 Å². The Labute approximate surface area is 181 Å². The molecule has 0 radical (unpaired) electrons. The van der Waals surface area contributed by atoms with Crippen LogP contribution in [0.4, 0.5) is 4.39 Å². The van der Waals surface area contributed by atoms with Crippen LogP contribution in [0, 0.1) is 12.7 Å². The standard InChI is InChI=1S/C23H28FN5O2/c1-15(2)29-22-18(13-26-29)12-20(16(3)27-22)23(30)25-14-21(28-8-10-31-11-9-28)17-4-6-19(24)7-5-17/h4-7,12-13,15,21H,8-11,14H2,1-3H3,(H,25,30)/t21-/m1/s1. The van der Waals surface area contributed by atoms with Crippen LogP contribution in [0.25, 0.3) is 11.0 Å². The zero-order chi connectivity index (χ0) is 22.0. The third-order valence-corrected chi connectivity index (χ3v) is 5.69. The van der Waals surface area contributed by atoms with Gasteiger partial charge in [-0.15, -0.1) is 0 Å². The van der Waals surface area contributed by atoms with Crippen LogP contribution < -0.4 is 5.32 Å². The molecule has 1 atom stereocenters. The van der Waals surface area contributed by atoms with E-state index in [9.17, 15) is 9.18 Å². The summed E-state index contributed by atoms with van der Waals surface area (Å²) in [7, 11) is 0. The van der Waals surface area contributed by atoms with Gasteiger partial charge in [-0.25, -0.2) is 14.1 Å². The fourth-order valence-electron chi connectivity index (χ4n) is 3.99. The van der Waals surface area contributed by atoms with Crippen LogP contribution in [0.5, 0.6) is 0 Å². The first-order valence-electron chi connectivity index (χ1n) is 10.6. The van der Waals surface area contributed by atoms with Gasteiger partial charge in [0.05, 0.1) is 36.7 Å². The maximum atomic E-state index is 13.4. The summed E-state index contributed by atoms with van der Waals surface area (Å²) >= 11 is 0. The maximum absolute atomic E-state index is 13.4. The summed E-state index contributed by atoms with van der Waals surface area (Å²) in [5, 5.41) is 8.29. The highest BCUT2D eigenvalue weighted by molar-refractivity contribution is 5.98. The normalized spacial score (nSPS) is 16.0. The van der Waals surface area contributed by atoms with Crippen molar-refractivity contribution in [1.82, 2.24) is 25.0 Å². The molecule has 0 spiro atoms. The minimum absolute atomic E-state index is 0.0610. The molecule has 3 aromatic rings. The van der Waals surface area contributed by atoms with Gasteiger partial charge in [-0.2, -0.15) is 5.10 Å². The maximum Gasteiger partial charge on any atom is 0.253 e. The number of fused-ring (bicyclic) bond motifs is 1. The highest BCUT2D eigenvalue weighted by atomic mass is 19.1. The van der Waals surface area contributed by atoms with Crippen LogP contribution in [0.2, 0.25) is 0 Å². The molecule has 2 aromatic heterocycles. The lowest BCUT2D eigenvalue weighted by atomic mass is 10.0. The molecule has 0 aliphatic carbocycles. The molecule has 1 fully saturated rings. The Bertz CT molecular complexity index is 1060. The Morgan fingerprint density at radius 3 is 2.61 bits per heavy atom. The molecule has 31 heavy (non-hydrogen) atoms. The van der Waals surface area contributed by atoms with Crippen molar-refractivity contribution in [3.63, 3.8) is 0 Å². The predicted octanol–water partition coefficient (Wildman–Crippen LogP) is 3.26. The minimum atomic E-state index is -0.273. The number of ether oxygens (including phenoxy) is 1. The van der Waals surface area contributed by atoms with E-state index in [0.29, 0.717) is 31.0 Å². The van der Waals surface area contributed by atoms with Gasteiger partial charge in [0, 0.05) is 31.1 Å². The molecule has 1 amide bonds. The number of halogens is 1. The summed E-state index contributed by atoms with van der Waals surface area (Å²) in [6.07, 6.45) is 1.74. The van der Waals surface area contributed by atoms with Crippen LogP contribution in [0.15, 0.2) is 36.5 Å². The lowest BCUT2D eigenvalue weighted by Gasteiger charge is -2.35. The summed E-state index contributed by atoms with van der Waals surface area (Å²) in [4.78, 5) is 19.9. The topological polar surface area (TPSA) is 72.3 Å². The third-order valence-electron chi connectivity index (χ3n) is 5.69. The zero-order valence-electron chi connectivity index (χ0n) is 18.1. The molecular formula is C23H28FN5O2. The molecule has 1 N–H and O–H groups in total. The molecule has 1 aliphatic rings. The average molecular weight is 426 g/mol. The fraction of sp³-hybridized carbons (Fsp3) is 0.435. The van der Waals surface area contributed by atoms with E-state index in [1.165, 1.54) is 12.1 Å². The summed E-state index contributed by atoms with van der Waals surface area (Å²) in [6.45, 7) is 9.16. The molecule has 0 bridgehead atoms. The van der Waals surface area contributed by atoms with Crippen molar-refractivity contribution in [3.05, 3.63) is 59.2 Å². The van der Waals surface area contributed by atoms with Gasteiger partial charge in [-0.05, 0) is 44.5 Å². The second kappa shape index (κ2) is 9.11. The molecule has 1 aliphatic heterocycles. The van der Waals surface area contributed by atoms with Crippen molar-refractivity contribution in [2.45, 2.75) is 32.9 Å². The van der Waals surface area contributed by atoms with Gasteiger partial charge in [0.2, 0.25) is 0 Å². The van der Waals surface area contributed by atoms with Gasteiger partial charge in [-0.3, -0.25) is 9.69 Å². The Morgan fingerprint density at radius 1 is 1.23 bits per heavy atom. The second-order valence-electron chi connectivity index (χ2n) is 8.14. The Hall–Kier alpha value is -2.84. The number of nitrogens with zero attached hydrogens (tertiary/aromatic N) is 4. The summed E-state index contributed by atoms with van der Waals surface area (Å²) in [6, 6.07) is 8.45. The van der Waals surface area contributed by atoms with Crippen LogP contribution in [-0.2, 0) is 4.74 Å². The molecule has 1 saturated heterocycles. The molecule has 164 valence electrons. The number of carbonyl (C=O) groups excluding carboxylic acids is 1. The average Bonchev–Trinajstić information content (AvgIpc) is 3.18. The summed E-state index contributed by atoms with van der Waals surface area (Å²) in [5.74, 6) is -0.449. The van der Waals surface area contributed by atoms with Crippen molar-refractivity contribution in [3.8, 4) is 0 Å². The van der Waals surface area contributed by atoms with Gasteiger partial charge in [-0.1, -0.05) is 12.1 Å². The van der Waals surface area contributed by atoms with Crippen LogP contribution in [0.3, 0.4) is 0 Å². The zero-order valence-corrected chi connectivity index (χ0v) is 18.1. The number of rotatable bonds is 6. The van der Waals surface area contributed by atoms with E-state index in [-0.39, 0.29) is 23.8 Å². The molecule has 4 rings (SSSR count). The van der Waals surface area contributed by atoms with Crippen molar-refractivity contribution in [2.75, 3.05) is 32.8 Å². The van der Waals surface area contributed by atoms with E-state index in [2.05, 4.69) is 20.3 Å². The number of hydrogen-bond donors (Lipinski definition) is 1. The number of carbonyl (C=O) groups is 1. The number of amides is 1. The number of aromatic nitrogens is 3. The molecule has 1 aromatic carbocycles. The molecule has 8 heteroatoms. The van der Waals surface area contributed by atoms with Crippen molar-refractivity contribution >= 4 is 16.9 Å². The van der Waals surface area contributed by atoms with E-state index in [0.717, 1.165) is 29.7 Å². The van der Waals surface area contributed by atoms with E-state index >= 15 is 0 Å². The van der Waals surface area contributed by atoms with Gasteiger partial charge in [0.1, 0.15) is 5.82 Å². The predicted molar refractivity (Wildman–Crippen MR) is 117 cm³/mol. The van der Waals surface area contributed by atoms with E-state index in [1.54, 1.807) is 18.3 Å². The fourth-order valence-corrected chi connectivity index (χ4v) is 3.99. The lowest BCUT2D eigenvalue weighted by molar-refractivity contribution is 0.0162. The van der Waals surface area contributed by atoms with Crippen LogP contribution in [0.1, 0.15) is 47.5 Å². The van der Waals surface area contributed by atoms with Gasteiger partial charge in [0.25, 0.3) is 5.91 Å². The number of aryl methyl sites for hydroxylation is 1. The summed E-state index contributed by atoms with van der Waals surface area (Å²) < 4.78 is 20.8. The lowest BCUT2D eigenvalue weighted by Crippen LogP contribution is -2.43. The van der Waals surface area contributed by atoms with Crippen molar-refractivity contribution < 1.29 is 13.9 Å². The largest absolute Gasteiger partial charge is 0.379 e. The molecule has 7 nitrogen and oxygen atoms in total. The number of nitrogens with one attached hydrogen (secondary N) is 1. The highest BCUT2D eigenvalue weighted by Crippen LogP contribution is 2.23. The number of hydrogen-bond acceptors (Lipinski definition) is 5. The molecule has 3 heterocycles. The smallest absolute Gasteiger partial charge is 0.253 e. The first-order chi connectivity index (χ1) is 14.9. The van der Waals surface area contributed by atoms with Gasteiger partial charge < -0.3 is 10.1 Å². The SMILES string of the molecule is Cc1nc2c(cnn2C(C)C)cc1C(=O)NC[C@H](c1ccc(F)cc1)N1CCOCC1. The van der Waals surface area contributed by atoms with E-state index in [1.807, 2.05) is 31.5 Å². The molecule has 0 saturated carbocycles. The van der Waals surface area contributed by atoms with Gasteiger partial charge >= 0.3 is 0 Å². The van der Waals surface area contributed by atoms with Gasteiger partial charge in [0.15, 0.2) is 5.65 Å². The first-order valence-corrected chi connectivity index (χ1v) is 10.6. The Morgan fingerprint density at radius 2 is 1.94 bits per heavy atom. The van der Waals surface area contributed by atoms with E-state index < -0.39 is 0 Å². The minimum Gasteiger partial charge on any atom is -0.379 e. The summed E-state index contributed by atoms with van der Waals surface area (Å²) in [5.41, 5.74) is 2.95. The molecular weight excluding hydrogens is 397 g/mol. The molecule has 0 unspecified atom stereocenters. The van der Waals surface area contributed by atoms with Crippen LogP contribution >= 0.6 is 0 Å². The quantitative estimate of drug-likeness (QED) is 0.656. The number of benzene rings is 1. The van der Waals surface area contributed by atoms with Crippen molar-refractivity contribution in [2.24, 2.45) is 0 Å². The third kappa shape index (κ3) is 4.60. The second-order valence-corrected chi connectivity index (χ2v) is 8.14. The Kier molecular flexibility index (Phi) is 6.29. The first kappa shape index (κ1) is 21.4. The monoisotopic (exact) mass is 425 g/mol. The van der Waals surface area contributed by atoms with Crippen LogP contribution in [-0.4, -0.2) is 58.4 Å². The number of pyridine rings is 1. The highest BCUT2D eigenvalue weighted by Gasteiger charge is 2.24. The number of morpholine rings is 1.